The smallest absolute Gasteiger partial charge is 0.262 e. The van der Waals surface area contributed by atoms with Gasteiger partial charge in [-0.05, 0) is 41.5 Å². The first-order valence-corrected chi connectivity index (χ1v) is 10.2. The number of nitrogens with zero attached hydrogens (tertiary/aromatic N) is 1. The fourth-order valence-corrected chi connectivity index (χ4v) is 2.93. The number of nitrogens with one attached hydrogen (secondary N) is 2. The largest absolute Gasteiger partial charge is 0.495 e. The van der Waals surface area contributed by atoms with Gasteiger partial charge in [-0.1, -0.05) is 54.6 Å². The lowest BCUT2D eigenvalue weighted by Gasteiger charge is -2.10. The van der Waals surface area contributed by atoms with E-state index in [0.29, 0.717) is 29.3 Å². The summed E-state index contributed by atoms with van der Waals surface area (Å²) < 4.78 is 10.7. The van der Waals surface area contributed by atoms with E-state index in [-0.39, 0.29) is 18.1 Å². The first kappa shape index (κ1) is 23.1. The molecule has 3 rings (SSSR count). The fraction of sp³-hybridized carbons (Fsp3) is 0.115. The van der Waals surface area contributed by atoms with Crippen molar-refractivity contribution in [1.29, 1.82) is 5.26 Å². The highest BCUT2D eigenvalue weighted by molar-refractivity contribution is 6.01. The highest BCUT2D eigenvalue weighted by atomic mass is 16.5. The summed E-state index contributed by atoms with van der Waals surface area (Å²) in [4.78, 5) is 24.5. The minimum Gasteiger partial charge on any atom is -0.495 e. The second-order valence-electron chi connectivity index (χ2n) is 6.94. The molecule has 0 aliphatic rings. The Bertz CT molecular complexity index is 1170. The summed E-state index contributed by atoms with van der Waals surface area (Å²) in [5.41, 5.74) is 2.16. The number of para-hydroxylation sites is 2. The lowest BCUT2D eigenvalue weighted by atomic mass is 10.1. The van der Waals surface area contributed by atoms with Gasteiger partial charge in [0.25, 0.3) is 11.8 Å². The van der Waals surface area contributed by atoms with E-state index in [0.717, 1.165) is 5.56 Å². The number of methoxy groups -OCH3 is 1. The van der Waals surface area contributed by atoms with Crippen LogP contribution in [-0.4, -0.2) is 25.5 Å². The molecule has 0 aliphatic carbocycles. The molecule has 7 nitrogen and oxygen atoms in total. The number of nitriles is 1. The van der Waals surface area contributed by atoms with Gasteiger partial charge < -0.3 is 20.1 Å². The lowest BCUT2D eigenvalue weighted by Crippen LogP contribution is -2.23. The van der Waals surface area contributed by atoms with Gasteiger partial charge in [-0.3, -0.25) is 9.59 Å². The Kier molecular flexibility index (Phi) is 8.21. The molecule has 3 aromatic rings. The van der Waals surface area contributed by atoms with Crippen molar-refractivity contribution in [2.24, 2.45) is 0 Å². The van der Waals surface area contributed by atoms with Crippen LogP contribution in [0.4, 0.5) is 5.69 Å². The molecule has 2 N–H and O–H groups in total. The van der Waals surface area contributed by atoms with E-state index < -0.39 is 5.91 Å². The van der Waals surface area contributed by atoms with Crippen LogP contribution in [0.1, 0.15) is 11.1 Å². The molecule has 0 aliphatic heterocycles. The number of anilines is 1. The van der Waals surface area contributed by atoms with Crippen molar-refractivity contribution in [3.63, 3.8) is 0 Å². The number of amides is 2. The molecule has 166 valence electrons. The van der Waals surface area contributed by atoms with Crippen LogP contribution < -0.4 is 20.1 Å². The van der Waals surface area contributed by atoms with E-state index in [9.17, 15) is 14.9 Å². The van der Waals surface area contributed by atoms with Crippen LogP contribution in [-0.2, 0) is 16.1 Å². The summed E-state index contributed by atoms with van der Waals surface area (Å²) in [5.74, 6) is 0.262. The average Bonchev–Trinajstić information content (AvgIpc) is 2.86. The summed E-state index contributed by atoms with van der Waals surface area (Å²) in [7, 11) is 1.53. The molecule has 3 aromatic carbocycles. The van der Waals surface area contributed by atoms with Crippen molar-refractivity contribution in [1.82, 2.24) is 5.32 Å². The topological polar surface area (TPSA) is 100 Å². The second kappa shape index (κ2) is 11.7. The normalized spacial score (nSPS) is 10.6. The number of hydrogen-bond donors (Lipinski definition) is 2. The highest BCUT2D eigenvalue weighted by Gasteiger charge is 2.10. The van der Waals surface area contributed by atoms with Gasteiger partial charge >= 0.3 is 0 Å². The second-order valence-corrected chi connectivity index (χ2v) is 6.94. The molecule has 0 saturated carbocycles. The Morgan fingerprint density at radius 3 is 2.36 bits per heavy atom. The first-order valence-electron chi connectivity index (χ1n) is 10.2. The van der Waals surface area contributed by atoms with E-state index in [2.05, 4.69) is 10.6 Å². The zero-order valence-corrected chi connectivity index (χ0v) is 18.1. The van der Waals surface area contributed by atoms with Crippen LogP contribution in [0.15, 0.2) is 84.4 Å². The maximum absolute atomic E-state index is 12.3. The van der Waals surface area contributed by atoms with Crippen LogP contribution >= 0.6 is 0 Å². The monoisotopic (exact) mass is 441 g/mol. The summed E-state index contributed by atoms with van der Waals surface area (Å²) in [6.45, 7) is 0.154. The quantitative estimate of drug-likeness (QED) is 0.387. The molecular weight excluding hydrogens is 418 g/mol. The van der Waals surface area contributed by atoms with Gasteiger partial charge in [-0.25, -0.2) is 0 Å². The maximum atomic E-state index is 12.3. The predicted molar refractivity (Wildman–Crippen MR) is 125 cm³/mol. The molecule has 0 radical (unpaired) electrons. The van der Waals surface area contributed by atoms with Gasteiger partial charge in [0.1, 0.15) is 23.1 Å². The van der Waals surface area contributed by atoms with E-state index >= 15 is 0 Å². The molecular formula is C26H23N3O4. The van der Waals surface area contributed by atoms with Crippen molar-refractivity contribution in [2.75, 3.05) is 19.0 Å². The number of ether oxygens (including phenoxy) is 2. The van der Waals surface area contributed by atoms with Gasteiger partial charge in [0.15, 0.2) is 6.61 Å². The Morgan fingerprint density at radius 2 is 1.67 bits per heavy atom. The number of carbonyl (C=O) groups excluding carboxylic acids is 2. The third kappa shape index (κ3) is 6.97. The highest BCUT2D eigenvalue weighted by Crippen LogP contribution is 2.23. The predicted octanol–water partition coefficient (Wildman–Crippen LogP) is 3.94. The molecule has 7 heteroatoms. The third-order valence-electron chi connectivity index (χ3n) is 4.60. The van der Waals surface area contributed by atoms with Crippen LogP contribution in [0.2, 0.25) is 0 Å². The Morgan fingerprint density at radius 1 is 0.970 bits per heavy atom. The van der Waals surface area contributed by atoms with Gasteiger partial charge in [-0.2, -0.15) is 5.26 Å². The Hall–Kier alpha value is -4.57. The molecule has 0 bridgehead atoms. The van der Waals surface area contributed by atoms with Gasteiger partial charge in [0.2, 0.25) is 0 Å². The molecule has 0 fully saturated rings. The van der Waals surface area contributed by atoms with Crippen LogP contribution in [0.5, 0.6) is 11.5 Å². The van der Waals surface area contributed by atoms with Crippen molar-refractivity contribution >= 4 is 23.6 Å². The minimum absolute atomic E-state index is 0.00390. The lowest BCUT2D eigenvalue weighted by molar-refractivity contribution is -0.118. The van der Waals surface area contributed by atoms with Crippen LogP contribution in [0.25, 0.3) is 6.08 Å². The molecule has 33 heavy (non-hydrogen) atoms. The van der Waals surface area contributed by atoms with Gasteiger partial charge in [0.05, 0.1) is 12.8 Å². The SMILES string of the molecule is COc1ccccc1NC(=O)COc1ccc(/C=C(\C#N)C(=O)NCc2ccccc2)cc1. The summed E-state index contributed by atoms with van der Waals surface area (Å²) in [6, 6.07) is 25.2. The van der Waals surface area contributed by atoms with Crippen molar-refractivity contribution in [3.05, 3.63) is 95.6 Å². The van der Waals surface area contributed by atoms with Crippen molar-refractivity contribution in [2.45, 2.75) is 6.54 Å². The van der Waals surface area contributed by atoms with Crippen molar-refractivity contribution < 1.29 is 19.1 Å². The standard InChI is InChI=1S/C26H23N3O4/c1-32-24-10-6-5-9-23(24)29-25(30)18-33-22-13-11-19(12-14-22)15-21(16-27)26(31)28-17-20-7-3-2-4-8-20/h2-15H,17-18H2,1H3,(H,28,31)(H,29,30)/b21-15+. The molecule has 2 amide bonds. The number of benzene rings is 3. The zero-order chi connectivity index (χ0) is 23.5. The maximum Gasteiger partial charge on any atom is 0.262 e. The number of carbonyl (C=O) groups is 2. The van der Waals surface area contributed by atoms with Gasteiger partial charge in [-0.15, -0.1) is 0 Å². The Labute approximate surface area is 192 Å². The molecule has 0 heterocycles. The van der Waals surface area contributed by atoms with Gasteiger partial charge in [0, 0.05) is 6.54 Å². The summed E-state index contributed by atoms with van der Waals surface area (Å²) in [5, 5.41) is 14.8. The molecule has 0 unspecified atom stereocenters. The molecule has 0 spiro atoms. The Balaban J connectivity index is 1.54. The number of rotatable bonds is 9. The van der Waals surface area contributed by atoms with Crippen molar-refractivity contribution in [3.8, 4) is 17.6 Å². The number of hydrogen-bond acceptors (Lipinski definition) is 5. The molecule has 0 saturated heterocycles. The van der Waals surface area contributed by atoms with E-state index in [1.165, 1.54) is 13.2 Å². The van der Waals surface area contributed by atoms with Crippen LogP contribution in [0, 0.1) is 11.3 Å². The van der Waals surface area contributed by atoms with Crippen LogP contribution in [0.3, 0.4) is 0 Å². The summed E-state index contributed by atoms with van der Waals surface area (Å²) in [6.07, 6.45) is 1.50. The van der Waals surface area contributed by atoms with E-state index in [1.54, 1.807) is 42.5 Å². The van der Waals surface area contributed by atoms with E-state index in [1.807, 2.05) is 42.5 Å². The third-order valence-corrected chi connectivity index (χ3v) is 4.60. The average molecular weight is 441 g/mol. The molecule has 0 atom stereocenters. The first-order chi connectivity index (χ1) is 16.1. The zero-order valence-electron chi connectivity index (χ0n) is 18.1. The minimum atomic E-state index is -0.449. The van der Waals surface area contributed by atoms with E-state index in [4.69, 9.17) is 9.47 Å². The molecule has 0 aromatic heterocycles. The fourth-order valence-electron chi connectivity index (χ4n) is 2.93. The summed E-state index contributed by atoms with van der Waals surface area (Å²) >= 11 is 0.